The van der Waals surface area contributed by atoms with E-state index in [1.165, 1.54) is 12.1 Å². The number of hydrogen-bond donors (Lipinski definition) is 2. The van der Waals surface area contributed by atoms with Crippen molar-refractivity contribution in [1.29, 1.82) is 0 Å². The van der Waals surface area contributed by atoms with Crippen LogP contribution in [0.3, 0.4) is 0 Å². The van der Waals surface area contributed by atoms with Gasteiger partial charge in [-0.15, -0.1) is 10.2 Å². The summed E-state index contributed by atoms with van der Waals surface area (Å²) in [7, 11) is 0. The molecule has 0 aliphatic carbocycles. The maximum atomic E-state index is 12.8. The fourth-order valence-corrected chi connectivity index (χ4v) is 2.85. The van der Waals surface area contributed by atoms with Gasteiger partial charge >= 0.3 is 6.18 Å². The number of H-pyrrole nitrogens is 1. The third kappa shape index (κ3) is 5.16. The lowest BCUT2D eigenvalue weighted by Crippen LogP contribution is -2.32. The third-order valence-corrected chi connectivity index (χ3v) is 4.37. The molecule has 150 valence electrons. The fourth-order valence-electron chi connectivity index (χ4n) is 2.85. The molecule has 1 unspecified atom stereocenters. The van der Waals surface area contributed by atoms with Crippen molar-refractivity contribution < 1.29 is 22.7 Å². The van der Waals surface area contributed by atoms with Crippen LogP contribution in [0.1, 0.15) is 30.5 Å². The molecule has 7 nitrogen and oxygen atoms in total. The van der Waals surface area contributed by atoms with Gasteiger partial charge < -0.3 is 15.0 Å². The van der Waals surface area contributed by atoms with Crippen LogP contribution in [0.5, 0.6) is 0 Å². The Morgan fingerprint density at radius 2 is 2.14 bits per heavy atom. The van der Waals surface area contributed by atoms with E-state index in [0.29, 0.717) is 13.2 Å². The van der Waals surface area contributed by atoms with Crippen molar-refractivity contribution >= 4 is 5.91 Å². The van der Waals surface area contributed by atoms with Crippen LogP contribution in [0.25, 0.3) is 11.4 Å². The first-order valence-corrected chi connectivity index (χ1v) is 8.85. The van der Waals surface area contributed by atoms with Crippen molar-refractivity contribution in [3.05, 3.63) is 45.9 Å². The molecule has 1 saturated heterocycles. The summed E-state index contributed by atoms with van der Waals surface area (Å²) >= 11 is 0. The maximum Gasteiger partial charge on any atom is 0.416 e. The minimum Gasteiger partial charge on any atom is -0.376 e. The number of aryl methyl sites for hydroxylation is 1. The average Bonchev–Trinajstić information content (AvgIpc) is 3.18. The first-order chi connectivity index (χ1) is 13.3. The van der Waals surface area contributed by atoms with Crippen LogP contribution in [0.4, 0.5) is 13.2 Å². The number of hydrogen-bond acceptors (Lipinski definition) is 5. The number of amides is 1. The molecule has 2 heterocycles. The highest BCUT2D eigenvalue weighted by molar-refractivity contribution is 5.76. The molecule has 1 aromatic heterocycles. The van der Waals surface area contributed by atoms with Gasteiger partial charge in [0.25, 0.3) is 5.56 Å². The van der Waals surface area contributed by atoms with E-state index in [1.54, 1.807) is 0 Å². The topological polar surface area (TPSA) is 97.0 Å². The second kappa shape index (κ2) is 8.51. The van der Waals surface area contributed by atoms with Crippen molar-refractivity contribution in [1.82, 2.24) is 20.5 Å². The number of ether oxygens (including phenoxy) is 1. The van der Waals surface area contributed by atoms with E-state index in [-0.39, 0.29) is 41.9 Å². The summed E-state index contributed by atoms with van der Waals surface area (Å²) < 4.78 is 43.8. The lowest BCUT2D eigenvalue weighted by Gasteiger charge is -2.10. The number of alkyl halides is 3. The third-order valence-electron chi connectivity index (χ3n) is 4.37. The van der Waals surface area contributed by atoms with E-state index < -0.39 is 17.3 Å². The molecule has 0 radical (unpaired) electrons. The number of nitrogens with one attached hydrogen (secondary N) is 2. The molecule has 1 fully saturated rings. The number of aromatic amines is 1. The summed E-state index contributed by atoms with van der Waals surface area (Å²) in [6.07, 6.45) is -2.47. The summed E-state index contributed by atoms with van der Waals surface area (Å²) in [5.74, 6) is -0.304. The Bertz CT molecular complexity index is 892. The monoisotopic (exact) mass is 396 g/mol. The minimum atomic E-state index is -4.50. The van der Waals surface area contributed by atoms with Gasteiger partial charge in [0.1, 0.15) is 5.69 Å². The predicted octanol–water partition coefficient (Wildman–Crippen LogP) is 2.08. The van der Waals surface area contributed by atoms with Gasteiger partial charge in [0.05, 0.1) is 11.7 Å². The molecule has 2 N–H and O–H groups in total. The highest BCUT2D eigenvalue weighted by Gasteiger charge is 2.30. The molecular formula is C18H19F3N4O3. The van der Waals surface area contributed by atoms with E-state index in [9.17, 15) is 22.8 Å². The fraction of sp³-hybridized carbons (Fsp3) is 0.444. The Kier molecular flexibility index (Phi) is 6.08. The highest BCUT2D eigenvalue weighted by Crippen LogP contribution is 2.31. The zero-order valence-electron chi connectivity index (χ0n) is 14.9. The van der Waals surface area contributed by atoms with E-state index in [2.05, 4.69) is 20.5 Å². The first kappa shape index (κ1) is 20.0. The van der Waals surface area contributed by atoms with Crippen LogP contribution < -0.4 is 10.9 Å². The van der Waals surface area contributed by atoms with Gasteiger partial charge in [-0.1, -0.05) is 12.1 Å². The van der Waals surface area contributed by atoms with Crippen LogP contribution in [0.15, 0.2) is 29.1 Å². The lowest BCUT2D eigenvalue weighted by atomic mass is 10.1. The van der Waals surface area contributed by atoms with E-state index >= 15 is 0 Å². The largest absolute Gasteiger partial charge is 0.416 e. The first-order valence-electron chi connectivity index (χ1n) is 8.85. The van der Waals surface area contributed by atoms with Crippen molar-refractivity contribution in [2.75, 3.05) is 13.2 Å². The van der Waals surface area contributed by atoms with Crippen molar-refractivity contribution in [2.45, 2.75) is 38.0 Å². The molecule has 10 heteroatoms. The number of carbonyl (C=O) groups excluding carboxylic acids is 1. The van der Waals surface area contributed by atoms with Crippen LogP contribution >= 0.6 is 0 Å². The van der Waals surface area contributed by atoms with Gasteiger partial charge in [-0.3, -0.25) is 9.59 Å². The SMILES string of the molecule is O=C(CCc1nnc(-c2cccc(C(F)(F)F)c2)[nH]c1=O)NCC1CCCO1. The van der Waals surface area contributed by atoms with Crippen molar-refractivity contribution in [2.24, 2.45) is 0 Å². The molecule has 28 heavy (non-hydrogen) atoms. The zero-order chi connectivity index (χ0) is 20.1. The van der Waals surface area contributed by atoms with Crippen molar-refractivity contribution in [3.8, 4) is 11.4 Å². The highest BCUT2D eigenvalue weighted by atomic mass is 19.4. The molecule has 3 rings (SSSR count). The number of rotatable bonds is 6. The smallest absolute Gasteiger partial charge is 0.376 e. The second-order valence-electron chi connectivity index (χ2n) is 6.47. The molecule has 1 aliphatic rings. The number of nitrogens with zero attached hydrogens (tertiary/aromatic N) is 2. The maximum absolute atomic E-state index is 12.8. The molecule has 1 aromatic carbocycles. The molecule has 1 atom stereocenters. The molecule has 0 spiro atoms. The van der Waals surface area contributed by atoms with E-state index in [1.807, 2.05) is 0 Å². The van der Waals surface area contributed by atoms with Crippen LogP contribution in [0, 0.1) is 0 Å². The molecule has 2 aromatic rings. The summed E-state index contributed by atoms with van der Waals surface area (Å²) in [5, 5.41) is 10.3. The summed E-state index contributed by atoms with van der Waals surface area (Å²) in [6, 6.07) is 4.44. The normalized spacial score (nSPS) is 16.9. The number of benzene rings is 1. The Labute approximate surface area is 158 Å². The van der Waals surface area contributed by atoms with Gasteiger partial charge in [-0.2, -0.15) is 13.2 Å². The summed E-state index contributed by atoms with van der Waals surface area (Å²) in [5.41, 5.74) is -1.29. The molecule has 1 amide bonds. The Balaban J connectivity index is 1.61. The Hall–Kier alpha value is -2.75. The quantitative estimate of drug-likeness (QED) is 0.779. The average molecular weight is 396 g/mol. The number of halogens is 3. The van der Waals surface area contributed by atoms with E-state index in [4.69, 9.17) is 4.74 Å². The van der Waals surface area contributed by atoms with Gasteiger partial charge in [0, 0.05) is 31.6 Å². The summed E-state index contributed by atoms with van der Waals surface area (Å²) in [4.78, 5) is 26.4. The zero-order valence-corrected chi connectivity index (χ0v) is 14.9. The van der Waals surface area contributed by atoms with Crippen LogP contribution in [0.2, 0.25) is 0 Å². The van der Waals surface area contributed by atoms with Gasteiger partial charge in [-0.25, -0.2) is 0 Å². The molecule has 0 bridgehead atoms. The molecule has 1 aliphatic heterocycles. The second-order valence-corrected chi connectivity index (χ2v) is 6.47. The van der Waals surface area contributed by atoms with Gasteiger partial charge in [0.15, 0.2) is 5.82 Å². The standard InChI is InChI=1S/C18H19F3N4O3/c19-18(20,21)12-4-1-3-11(9-12)16-23-17(27)14(24-25-16)6-7-15(26)22-10-13-5-2-8-28-13/h1,3-4,9,13H,2,5-8,10H2,(H,22,26)(H,23,25,27). The Morgan fingerprint density at radius 3 is 2.82 bits per heavy atom. The molecule has 0 saturated carbocycles. The number of aromatic nitrogens is 3. The van der Waals surface area contributed by atoms with Crippen LogP contribution in [-0.2, 0) is 22.1 Å². The van der Waals surface area contributed by atoms with E-state index in [0.717, 1.165) is 25.0 Å². The Morgan fingerprint density at radius 1 is 1.32 bits per heavy atom. The van der Waals surface area contributed by atoms with Crippen molar-refractivity contribution in [3.63, 3.8) is 0 Å². The predicted molar refractivity (Wildman–Crippen MR) is 93.4 cm³/mol. The lowest BCUT2D eigenvalue weighted by molar-refractivity contribution is -0.137. The summed E-state index contributed by atoms with van der Waals surface area (Å²) in [6.45, 7) is 1.12. The van der Waals surface area contributed by atoms with Crippen LogP contribution in [-0.4, -0.2) is 40.3 Å². The van der Waals surface area contributed by atoms with Gasteiger partial charge in [0.2, 0.25) is 5.91 Å². The minimum absolute atomic E-state index is 0.0267. The van der Waals surface area contributed by atoms with Gasteiger partial charge in [-0.05, 0) is 25.0 Å². The number of carbonyl (C=O) groups is 1. The molecular weight excluding hydrogens is 377 g/mol.